The fourth-order valence-electron chi connectivity index (χ4n) is 2.14. The number of nitrogens with zero attached hydrogens (tertiary/aromatic N) is 2. The van der Waals surface area contributed by atoms with Gasteiger partial charge in [0.2, 0.25) is 0 Å². The molecule has 5 nitrogen and oxygen atoms in total. The van der Waals surface area contributed by atoms with Gasteiger partial charge in [0.1, 0.15) is 5.82 Å². The maximum Gasteiger partial charge on any atom is 0.269 e. The summed E-state index contributed by atoms with van der Waals surface area (Å²) in [6, 6.07) is 20.7. The van der Waals surface area contributed by atoms with Gasteiger partial charge in [0.15, 0.2) is 0 Å². The molecule has 2 aromatic carbocycles. The second-order valence-electron chi connectivity index (χ2n) is 4.86. The van der Waals surface area contributed by atoms with E-state index >= 15 is 0 Å². The third-order valence-electron chi connectivity index (χ3n) is 3.17. The van der Waals surface area contributed by atoms with Gasteiger partial charge < -0.3 is 0 Å². The normalized spacial score (nSPS) is 10.2. The van der Waals surface area contributed by atoms with Crippen LogP contribution < -0.4 is 10.9 Å². The number of hydrogen-bond acceptors (Lipinski definition) is 3. The number of aromatic nitrogens is 2. The lowest BCUT2D eigenvalue weighted by Crippen LogP contribution is -2.30. The first kappa shape index (κ1) is 13.9. The number of hydrogen-bond donors (Lipinski definition) is 2. The summed E-state index contributed by atoms with van der Waals surface area (Å²) in [7, 11) is 0. The summed E-state index contributed by atoms with van der Waals surface area (Å²) < 4.78 is 1.75. The van der Waals surface area contributed by atoms with Gasteiger partial charge >= 0.3 is 0 Å². The number of carbonyl (C=O) groups excluding carboxylic acids is 1. The van der Waals surface area contributed by atoms with E-state index in [1.165, 1.54) is 0 Å². The maximum atomic E-state index is 12.1. The molecule has 0 spiro atoms. The highest BCUT2D eigenvalue weighted by atomic mass is 16.2. The highest BCUT2D eigenvalue weighted by Gasteiger charge is 2.09. The van der Waals surface area contributed by atoms with Gasteiger partial charge in [-0.3, -0.25) is 15.6 Å². The van der Waals surface area contributed by atoms with Gasteiger partial charge in [-0.15, -0.1) is 0 Å². The van der Waals surface area contributed by atoms with Crippen molar-refractivity contribution < 1.29 is 4.79 Å². The summed E-state index contributed by atoms with van der Waals surface area (Å²) in [5.74, 6) is 0.507. The fourth-order valence-corrected chi connectivity index (χ4v) is 2.14. The molecule has 3 aromatic rings. The minimum Gasteiger partial charge on any atom is -0.281 e. The van der Waals surface area contributed by atoms with Gasteiger partial charge in [0.25, 0.3) is 5.91 Å². The molecule has 2 N–H and O–H groups in total. The van der Waals surface area contributed by atoms with Gasteiger partial charge in [-0.25, -0.2) is 4.68 Å². The molecule has 22 heavy (non-hydrogen) atoms. The van der Waals surface area contributed by atoms with E-state index < -0.39 is 0 Å². The molecule has 0 fully saturated rings. The Morgan fingerprint density at radius 3 is 2.32 bits per heavy atom. The number of rotatable bonds is 4. The van der Waals surface area contributed by atoms with Crippen molar-refractivity contribution in [3.8, 4) is 5.69 Å². The Bertz CT molecular complexity index is 766. The van der Waals surface area contributed by atoms with Crippen LogP contribution >= 0.6 is 0 Å². The highest BCUT2D eigenvalue weighted by molar-refractivity contribution is 5.94. The zero-order valence-electron chi connectivity index (χ0n) is 12.2. The molecule has 0 saturated heterocycles. The summed E-state index contributed by atoms with van der Waals surface area (Å²) in [6.07, 6.45) is 0. The van der Waals surface area contributed by atoms with Crippen LogP contribution in [0.2, 0.25) is 0 Å². The van der Waals surface area contributed by atoms with Crippen molar-refractivity contribution in [3.63, 3.8) is 0 Å². The lowest BCUT2D eigenvalue weighted by molar-refractivity contribution is 0.0962. The van der Waals surface area contributed by atoms with Gasteiger partial charge in [0.05, 0.1) is 11.4 Å². The molecule has 1 aromatic heterocycles. The number of carbonyl (C=O) groups is 1. The zero-order chi connectivity index (χ0) is 15.4. The predicted octanol–water partition coefficient (Wildman–Crippen LogP) is 2.94. The molecule has 0 saturated carbocycles. The number of amides is 1. The number of nitrogens with one attached hydrogen (secondary N) is 2. The van der Waals surface area contributed by atoms with E-state index in [1.54, 1.807) is 16.8 Å². The quantitative estimate of drug-likeness (QED) is 0.727. The van der Waals surface area contributed by atoms with Crippen molar-refractivity contribution in [1.29, 1.82) is 0 Å². The van der Waals surface area contributed by atoms with E-state index in [0.29, 0.717) is 11.4 Å². The Labute approximate surface area is 128 Å². The second-order valence-corrected chi connectivity index (χ2v) is 4.86. The van der Waals surface area contributed by atoms with Gasteiger partial charge in [-0.1, -0.05) is 36.4 Å². The molecule has 0 aliphatic carbocycles. The summed E-state index contributed by atoms with van der Waals surface area (Å²) in [4.78, 5) is 12.1. The van der Waals surface area contributed by atoms with E-state index in [1.807, 2.05) is 61.5 Å². The average Bonchev–Trinajstić information content (AvgIpc) is 2.95. The monoisotopic (exact) mass is 292 g/mol. The lowest BCUT2D eigenvalue weighted by atomic mass is 10.2. The molecular formula is C17H16N4O. The average molecular weight is 292 g/mol. The van der Waals surface area contributed by atoms with Crippen molar-refractivity contribution >= 4 is 11.7 Å². The minimum atomic E-state index is -0.195. The molecule has 0 atom stereocenters. The number of para-hydroxylation sites is 1. The Kier molecular flexibility index (Phi) is 3.87. The van der Waals surface area contributed by atoms with Gasteiger partial charge in [-0.2, -0.15) is 5.10 Å². The first-order valence-corrected chi connectivity index (χ1v) is 6.97. The van der Waals surface area contributed by atoms with Crippen LogP contribution in [0.1, 0.15) is 16.1 Å². The summed E-state index contributed by atoms with van der Waals surface area (Å²) in [5.41, 5.74) is 8.00. The highest BCUT2D eigenvalue weighted by Crippen LogP contribution is 2.16. The van der Waals surface area contributed by atoms with Crippen LogP contribution in [0.3, 0.4) is 0 Å². The van der Waals surface area contributed by atoms with Crippen molar-refractivity contribution in [1.82, 2.24) is 15.2 Å². The van der Waals surface area contributed by atoms with E-state index in [0.717, 1.165) is 11.4 Å². The van der Waals surface area contributed by atoms with Crippen LogP contribution in [0.4, 0.5) is 5.82 Å². The third-order valence-corrected chi connectivity index (χ3v) is 3.17. The van der Waals surface area contributed by atoms with Crippen LogP contribution in [-0.4, -0.2) is 15.7 Å². The van der Waals surface area contributed by atoms with E-state index in [2.05, 4.69) is 16.0 Å². The van der Waals surface area contributed by atoms with E-state index in [4.69, 9.17) is 0 Å². The summed E-state index contributed by atoms with van der Waals surface area (Å²) in [6.45, 7) is 1.91. The van der Waals surface area contributed by atoms with Crippen LogP contribution in [0, 0.1) is 6.92 Å². The second kappa shape index (κ2) is 6.13. The summed E-state index contributed by atoms with van der Waals surface area (Å²) in [5, 5.41) is 4.43. The molecule has 0 bridgehead atoms. The van der Waals surface area contributed by atoms with Crippen molar-refractivity contribution in [2.45, 2.75) is 6.92 Å². The topological polar surface area (TPSA) is 58.9 Å². The Morgan fingerprint density at radius 2 is 1.64 bits per heavy atom. The minimum absolute atomic E-state index is 0.195. The van der Waals surface area contributed by atoms with Crippen LogP contribution in [-0.2, 0) is 0 Å². The first-order valence-electron chi connectivity index (χ1n) is 6.97. The van der Waals surface area contributed by atoms with Gasteiger partial charge in [-0.05, 0) is 31.2 Å². The molecular weight excluding hydrogens is 276 g/mol. The summed E-state index contributed by atoms with van der Waals surface area (Å²) >= 11 is 0. The van der Waals surface area contributed by atoms with Crippen LogP contribution in [0.15, 0.2) is 66.7 Å². The number of anilines is 1. The van der Waals surface area contributed by atoms with E-state index in [-0.39, 0.29) is 5.91 Å². The SMILES string of the molecule is Cc1cc(NNC(=O)c2ccccc2)n(-c2ccccc2)n1. The molecule has 0 aliphatic rings. The van der Waals surface area contributed by atoms with Crippen molar-refractivity contribution in [3.05, 3.63) is 78.0 Å². The van der Waals surface area contributed by atoms with Crippen LogP contribution in [0.25, 0.3) is 5.69 Å². The van der Waals surface area contributed by atoms with E-state index in [9.17, 15) is 4.79 Å². The third kappa shape index (κ3) is 2.98. The van der Waals surface area contributed by atoms with Crippen LogP contribution in [0.5, 0.6) is 0 Å². The molecule has 110 valence electrons. The molecule has 0 unspecified atom stereocenters. The molecule has 0 radical (unpaired) electrons. The molecule has 1 amide bonds. The number of hydrazine groups is 1. The Balaban J connectivity index is 1.78. The number of benzene rings is 2. The first-order chi connectivity index (χ1) is 10.7. The predicted molar refractivity (Wildman–Crippen MR) is 85.8 cm³/mol. The standard InChI is InChI=1S/C17H16N4O/c1-13-12-16(21(20-13)15-10-6-3-7-11-15)18-19-17(22)14-8-4-2-5-9-14/h2-12,18H,1H3,(H,19,22). The Morgan fingerprint density at radius 1 is 1.00 bits per heavy atom. The fraction of sp³-hybridized carbons (Fsp3) is 0.0588. The molecule has 5 heteroatoms. The Hall–Kier alpha value is -3.08. The maximum absolute atomic E-state index is 12.1. The van der Waals surface area contributed by atoms with Crippen molar-refractivity contribution in [2.75, 3.05) is 5.43 Å². The smallest absolute Gasteiger partial charge is 0.269 e. The van der Waals surface area contributed by atoms with Crippen molar-refractivity contribution in [2.24, 2.45) is 0 Å². The molecule has 1 heterocycles. The largest absolute Gasteiger partial charge is 0.281 e. The lowest BCUT2D eigenvalue weighted by Gasteiger charge is -2.10. The zero-order valence-corrected chi connectivity index (χ0v) is 12.2. The molecule has 3 rings (SSSR count). The number of aryl methyl sites for hydroxylation is 1. The molecule has 0 aliphatic heterocycles. The van der Waals surface area contributed by atoms with Gasteiger partial charge in [0, 0.05) is 11.6 Å².